The lowest BCUT2D eigenvalue weighted by molar-refractivity contribution is -0.127. The van der Waals surface area contributed by atoms with Crippen LogP contribution in [0.2, 0.25) is 0 Å². The van der Waals surface area contributed by atoms with E-state index in [-0.39, 0.29) is 17.6 Å². The van der Waals surface area contributed by atoms with Crippen molar-refractivity contribution in [2.45, 2.75) is 26.2 Å². The third-order valence-electron chi connectivity index (χ3n) is 3.81. The lowest BCUT2D eigenvalue weighted by atomic mass is 10.1. The van der Waals surface area contributed by atoms with E-state index in [1.54, 1.807) is 25.1 Å². The van der Waals surface area contributed by atoms with Crippen LogP contribution in [0.5, 0.6) is 0 Å². The molecular formula is C17H25Cl2FN2O2. The Bertz CT molecular complexity index is 533. The molecule has 1 amide bonds. The first-order valence-electron chi connectivity index (χ1n) is 7.97. The summed E-state index contributed by atoms with van der Waals surface area (Å²) in [5, 5.41) is 0.512. The molecule has 0 saturated heterocycles. The lowest BCUT2D eigenvalue weighted by Gasteiger charge is -2.29. The van der Waals surface area contributed by atoms with Crippen molar-refractivity contribution in [2.75, 3.05) is 39.7 Å². The molecule has 0 aromatic rings. The highest BCUT2D eigenvalue weighted by Crippen LogP contribution is 2.27. The van der Waals surface area contributed by atoms with Gasteiger partial charge in [-0.3, -0.25) is 4.79 Å². The standard InChI is InChI=1S/C17H25Cl2FN2O2/c1-4-9-22(11-10-21(2)17(23)12-18)15-7-8-16(24-3)13(19)5-6-14(15)20/h6-7H,4-5,8-12H2,1-3H3/b14-6?,15-7+,16-13-. The summed E-state index contributed by atoms with van der Waals surface area (Å²) in [5.41, 5.74) is 0.516. The number of likely N-dealkylation sites (N-methyl/N-ethyl adjacent to an activating group) is 1. The molecule has 7 heteroatoms. The summed E-state index contributed by atoms with van der Waals surface area (Å²) in [6.07, 6.45) is 4.85. The molecule has 136 valence electrons. The highest BCUT2D eigenvalue weighted by molar-refractivity contribution is 6.30. The van der Waals surface area contributed by atoms with Crippen LogP contribution in [-0.4, -0.2) is 55.4 Å². The van der Waals surface area contributed by atoms with Gasteiger partial charge in [-0.05, 0) is 12.5 Å². The Kier molecular flexibility index (Phi) is 9.22. The third-order valence-corrected chi connectivity index (χ3v) is 4.41. The zero-order valence-corrected chi connectivity index (χ0v) is 16.0. The SMILES string of the molecule is CCCN(CCN(C)C(=O)CCl)/C1=C/C/C(OC)=C(/Cl)CC=C1F. The van der Waals surface area contributed by atoms with E-state index >= 15 is 0 Å². The van der Waals surface area contributed by atoms with E-state index in [4.69, 9.17) is 27.9 Å². The summed E-state index contributed by atoms with van der Waals surface area (Å²) in [5.74, 6) is 0.140. The number of carbonyl (C=O) groups is 1. The number of carbonyl (C=O) groups excluding carboxylic acids is 1. The Labute approximate surface area is 153 Å². The first-order valence-corrected chi connectivity index (χ1v) is 8.88. The van der Waals surface area contributed by atoms with Gasteiger partial charge in [-0.2, -0.15) is 0 Å². The number of ether oxygens (including phenoxy) is 1. The zero-order valence-electron chi connectivity index (χ0n) is 14.4. The maximum absolute atomic E-state index is 14.5. The van der Waals surface area contributed by atoms with Gasteiger partial charge in [-0.25, -0.2) is 4.39 Å². The maximum Gasteiger partial charge on any atom is 0.237 e. The van der Waals surface area contributed by atoms with Crippen molar-refractivity contribution in [2.24, 2.45) is 0 Å². The number of alkyl halides is 1. The molecule has 0 spiro atoms. The summed E-state index contributed by atoms with van der Waals surface area (Å²) in [4.78, 5) is 15.1. The molecule has 1 aliphatic carbocycles. The molecule has 0 saturated carbocycles. The zero-order chi connectivity index (χ0) is 18.1. The van der Waals surface area contributed by atoms with Crippen LogP contribution in [-0.2, 0) is 9.53 Å². The second-order valence-corrected chi connectivity index (χ2v) is 6.24. The van der Waals surface area contributed by atoms with E-state index in [2.05, 4.69) is 0 Å². The molecule has 1 aliphatic rings. The van der Waals surface area contributed by atoms with Crippen LogP contribution in [0.25, 0.3) is 0 Å². The highest BCUT2D eigenvalue weighted by Gasteiger charge is 2.18. The Morgan fingerprint density at radius 3 is 2.58 bits per heavy atom. The minimum Gasteiger partial charge on any atom is -0.500 e. The van der Waals surface area contributed by atoms with Crippen LogP contribution in [0.15, 0.2) is 34.5 Å². The fourth-order valence-corrected chi connectivity index (χ4v) is 2.83. The minimum atomic E-state index is -0.303. The van der Waals surface area contributed by atoms with Gasteiger partial charge in [0.2, 0.25) is 5.91 Å². The number of halogens is 3. The molecular weight excluding hydrogens is 354 g/mol. The molecule has 24 heavy (non-hydrogen) atoms. The van der Waals surface area contributed by atoms with Gasteiger partial charge in [0, 0.05) is 39.5 Å². The minimum absolute atomic E-state index is 0.0538. The van der Waals surface area contributed by atoms with Crippen LogP contribution in [0.4, 0.5) is 4.39 Å². The summed E-state index contributed by atoms with van der Waals surface area (Å²) in [7, 11) is 3.25. The van der Waals surface area contributed by atoms with Crippen molar-refractivity contribution in [3.63, 3.8) is 0 Å². The molecule has 0 aromatic heterocycles. The van der Waals surface area contributed by atoms with Crippen molar-refractivity contribution >= 4 is 29.1 Å². The van der Waals surface area contributed by atoms with Gasteiger partial charge in [-0.1, -0.05) is 24.6 Å². The fraction of sp³-hybridized carbons (Fsp3) is 0.588. The Morgan fingerprint density at radius 2 is 2.00 bits per heavy atom. The van der Waals surface area contributed by atoms with Gasteiger partial charge in [0.1, 0.15) is 17.5 Å². The average molecular weight is 379 g/mol. The van der Waals surface area contributed by atoms with E-state index in [9.17, 15) is 9.18 Å². The molecule has 0 radical (unpaired) electrons. The molecule has 0 bridgehead atoms. The molecule has 0 N–H and O–H groups in total. The number of hydrogen-bond donors (Lipinski definition) is 0. The van der Waals surface area contributed by atoms with E-state index in [1.165, 1.54) is 6.08 Å². The van der Waals surface area contributed by atoms with E-state index < -0.39 is 0 Å². The van der Waals surface area contributed by atoms with Crippen LogP contribution in [0.3, 0.4) is 0 Å². The number of hydrogen-bond acceptors (Lipinski definition) is 3. The first kappa shape index (κ1) is 20.8. The van der Waals surface area contributed by atoms with Gasteiger partial charge >= 0.3 is 0 Å². The van der Waals surface area contributed by atoms with Crippen molar-refractivity contribution in [3.8, 4) is 0 Å². The van der Waals surface area contributed by atoms with Crippen molar-refractivity contribution in [1.29, 1.82) is 0 Å². The predicted octanol–water partition coefficient (Wildman–Crippen LogP) is 4.02. The van der Waals surface area contributed by atoms with Gasteiger partial charge < -0.3 is 14.5 Å². The second-order valence-electron chi connectivity index (χ2n) is 5.52. The topological polar surface area (TPSA) is 32.8 Å². The van der Waals surface area contributed by atoms with E-state index in [0.717, 1.165) is 6.42 Å². The lowest BCUT2D eigenvalue weighted by Crippen LogP contribution is -2.37. The highest BCUT2D eigenvalue weighted by atomic mass is 35.5. The monoisotopic (exact) mass is 378 g/mol. The van der Waals surface area contributed by atoms with Crippen molar-refractivity contribution in [1.82, 2.24) is 9.80 Å². The van der Waals surface area contributed by atoms with Crippen LogP contribution >= 0.6 is 23.2 Å². The van der Waals surface area contributed by atoms with Crippen LogP contribution < -0.4 is 0 Å². The Hall–Kier alpha value is -1.20. The van der Waals surface area contributed by atoms with Gasteiger partial charge in [-0.15, -0.1) is 11.6 Å². The van der Waals surface area contributed by atoms with Crippen LogP contribution in [0, 0.1) is 0 Å². The Balaban J connectivity index is 2.93. The maximum atomic E-state index is 14.5. The predicted molar refractivity (Wildman–Crippen MR) is 96.6 cm³/mol. The average Bonchev–Trinajstić information content (AvgIpc) is 2.58. The van der Waals surface area contributed by atoms with Crippen molar-refractivity contribution in [3.05, 3.63) is 34.5 Å². The summed E-state index contributed by atoms with van der Waals surface area (Å²) in [6, 6.07) is 0. The summed E-state index contributed by atoms with van der Waals surface area (Å²) >= 11 is 11.7. The molecule has 1 rings (SSSR count). The summed E-state index contributed by atoms with van der Waals surface area (Å²) < 4.78 is 19.8. The smallest absolute Gasteiger partial charge is 0.237 e. The number of nitrogens with zero attached hydrogens (tertiary/aromatic N) is 2. The van der Waals surface area contributed by atoms with Crippen molar-refractivity contribution < 1.29 is 13.9 Å². The van der Waals surface area contributed by atoms with Gasteiger partial charge in [0.15, 0.2) is 0 Å². The van der Waals surface area contributed by atoms with E-state index in [0.29, 0.717) is 49.0 Å². The molecule has 4 nitrogen and oxygen atoms in total. The quantitative estimate of drug-likeness (QED) is 0.597. The molecule has 0 fully saturated rings. The number of amides is 1. The molecule has 0 atom stereocenters. The first-order chi connectivity index (χ1) is 11.4. The fourth-order valence-electron chi connectivity index (χ4n) is 2.39. The largest absolute Gasteiger partial charge is 0.500 e. The number of methoxy groups -OCH3 is 1. The summed E-state index contributed by atoms with van der Waals surface area (Å²) in [6.45, 7) is 3.72. The third kappa shape index (κ3) is 6.02. The molecule has 0 aromatic carbocycles. The number of allylic oxidation sites excluding steroid dienone is 4. The second kappa shape index (κ2) is 10.6. The van der Waals surface area contributed by atoms with Gasteiger partial charge in [0.05, 0.1) is 17.8 Å². The van der Waals surface area contributed by atoms with Crippen LogP contribution in [0.1, 0.15) is 26.2 Å². The molecule has 0 unspecified atom stereocenters. The normalized spacial score (nSPS) is 20.4. The number of rotatable bonds is 8. The Morgan fingerprint density at radius 1 is 1.29 bits per heavy atom. The van der Waals surface area contributed by atoms with E-state index in [1.807, 2.05) is 11.8 Å². The molecule has 0 heterocycles. The van der Waals surface area contributed by atoms with Gasteiger partial charge in [0.25, 0.3) is 0 Å². The molecule has 0 aliphatic heterocycles.